The number of primary amides is 1. The van der Waals surface area contributed by atoms with Crippen LogP contribution in [0.15, 0.2) is 36.4 Å². The largest absolute Gasteiger partial charge is 0.454 e. The van der Waals surface area contributed by atoms with Gasteiger partial charge in [-0.05, 0) is 24.3 Å². The number of hydrogen-bond donors (Lipinski definition) is 2. The minimum Gasteiger partial charge on any atom is -0.454 e. The SMILES string of the molecule is NC(=O)c1ccc(Oc2ccc(N)cc2F)cc1F. The third kappa shape index (κ3) is 2.79. The van der Waals surface area contributed by atoms with Crippen molar-refractivity contribution in [2.75, 3.05) is 5.73 Å². The number of benzene rings is 2. The molecule has 0 saturated heterocycles. The van der Waals surface area contributed by atoms with E-state index in [1.165, 1.54) is 24.3 Å². The van der Waals surface area contributed by atoms with Crippen LogP contribution in [0, 0.1) is 11.6 Å². The molecule has 0 saturated carbocycles. The van der Waals surface area contributed by atoms with E-state index in [9.17, 15) is 13.6 Å². The smallest absolute Gasteiger partial charge is 0.251 e. The van der Waals surface area contributed by atoms with Crippen molar-refractivity contribution in [1.29, 1.82) is 0 Å². The summed E-state index contributed by atoms with van der Waals surface area (Å²) in [7, 11) is 0. The highest BCUT2D eigenvalue weighted by Gasteiger charge is 2.11. The number of carbonyl (C=O) groups is 1. The van der Waals surface area contributed by atoms with Crippen LogP contribution in [0.4, 0.5) is 14.5 Å². The van der Waals surface area contributed by atoms with Gasteiger partial charge in [-0.1, -0.05) is 0 Å². The number of nitrogen functional groups attached to an aromatic ring is 1. The van der Waals surface area contributed by atoms with Crippen LogP contribution in [0.3, 0.4) is 0 Å². The predicted octanol–water partition coefficient (Wildman–Crippen LogP) is 2.44. The number of anilines is 1. The van der Waals surface area contributed by atoms with Crippen molar-refractivity contribution in [1.82, 2.24) is 0 Å². The van der Waals surface area contributed by atoms with Gasteiger partial charge in [-0.15, -0.1) is 0 Å². The summed E-state index contributed by atoms with van der Waals surface area (Å²) in [5, 5.41) is 0. The van der Waals surface area contributed by atoms with Crippen LogP contribution in [-0.2, 0) is 0 Å². The Balaban J connectivity index is 2.29. The maximum Gasteiger partial charge on any atom is 0.251 e. The molecule has 0 aliphatic carbocycles. The van der Waals surface area contributed by atoms with Crippen LogP contribution in [0.1, 0.15) is 10.4 Å². The Kier molecular flexibility index (Phi) is 3.33. The zero-order chi connectivity index (χ0) is 14.0. The van der Waals surface area contributed by atoms with Crippen LogP contribution < -0.4 is 16.2 Å². The Bertz CT molecular complexity index is 645. The first-order chi connectivity index (χ1) is 8.97. The monoisotopic (exact) mass is 264 g/mol. The molecule has 2 rings (SSSR count). The van der Waals surface area contributed by atoms with Crippen LogP contribution in [0.2, 0.25) is 0 Å². The van der Waals surface area contributed by atoms with Gasteiger partial charge >= 0.3 is 0 Å². The van der Waals surface area contributed by atoms with Gasteiger partial charge in [-0.3, -0.25) is 4.79 Å². The number of halogens is 2. The highest BCUT2D eigenvalue weighted by molar-refractivity contribution is 5.93. The number of ether oxygens (including phenoxy) is 1. The van der Waals surface area contributed by atoms with Crippen molar-refractivity contribution in [3.05, 3.63) is 53.6 Å². The molecule has 4 N–H and O–H groups in total. The Morgan fingerprint density at radius 1 is 1.05 bits per heavy atom. The number of rotatable bonds is 3. The third-order valence-corrected chi connectivity index (χ3v) is 2.39. The first kappa shape index (κ1) is 12.8. The molecule has 0 fully saturated rings. The molecule has 2 aromatic carbocycles. The Morgan fingerprint density at radius 3 is 2.37 bits per heavy atom. The van der Waals surface area contributed by atoms with Gasteiger partial charge in [0.05, 0.1) is 5.56 Å². The van der Waals surface area contributed by atoms with Gasteiger partial charge < -0.3 is 16.2 Å². The minimum absolute atomic E-state index is 0.0474. The van der Waals surface area contributed by atoms with Gasteiger partial charge in [0.15, 0.2) is 11.6 Å². The molecule has 0 spiro atoms. The minimum atomic E-state index is -0.886. The van der Waals surface area contributed by atoms with E-state index in [0.29, 0.717) is 0 Å². The van der Waals surface area contributed by atoms with E-state index < -0.39 is 17.5 Å². The Morgan fingerprint density at radius 2 is 1.79 bits per heavy atom. The molecule has 19 heavy (non-hydrogen) atoms. The molecule has 1 amide bonds. The van der Waals surface area contributed by atoms with Crippen LogP contribution in [-0.4, -0.2) is 5.91 Å². The third-order valence-electron chi connectivity index (χ3n) is 2.39. The topological polar surface area (TPSA) is 78.3 Å². The van der Waals surface area contributed by atoms with E-state index in [0.717, 1.165) is 12.1 Å². The molecule has 0 aliphatic heterocycles. The zero-order valence-electron chi connectivity index (χ0n) is 9.69. The lowest BCUT2D eigenvalue weighted by molar-refractivity contribution is 0.0996. The van der Waals surface area contributed by atoms with E-state index in [2.05, 4.69) is 0 Å². The van der Waals surface area contributed by atoms with E-state index in [-0.39, 0.29) is 22.7 Å². The van der Waals surface area contributed by atoms with Crippen molar-refractivity contribution in [2.24, 2.45) is 5.73 Å². The summed E-state index contributed by atoms with van der Waals surface area (Å²) in [6, 6.07) is 7.30. The maximum atomic E-state index is 13.5. The molecular formula is C13H10F2N2O2. The lowest BCUT2D eigenvalue weighted by Gasteiger charge is -2.08. The molecule has 0 unspecified atom stereocenters. The normalized spacial score (nSPS) is 10.2. The molecule has 0 atom stereocenters. The summed E-state index contributed by atoms with van der Waals surface area (Å²) >= 11 is 0. The van der Waals surface area contributed by atoms with E-state index in [1.54, 1.807) is 0 Å². The summed E-state index contributed by atoms with van der Waals surface area (Å²) in [5.74, 6) is -2.44. The lowest BCUT2D eigenvalue weighted by Crippen LogP contribution is -2.12. The van der Waals surface area contributed by atoms with Gasteiger partial charge in [0, 0.05) is 17.8 Å². The van der Waals surface area contributed by atoms with Gasteiger partial charge in [-0.2, -0.15) is 0 Å². The van der Waals surface area contributed by atoms with Crippen molar-refractivity contribution < 1.29 is 18.3 Å². The first-order valence-electron chi connectivity index (χ1n) is 5.29. The standard InChI is InChI=1S/C13H10F2N2O2/c14-10-6-8(2-3-9(10)13(17)18)19-12-4-1-7(16)5-11(12)15/h1-6H,16H2,(H2,17,18). The molecule has 4 nitrogen and oxygen atoms in total. The fraction of sp³-hybridized carbons (Fsp3) is 0. The number of amides is 1. The summed E-state index contributed by atoms with van der Waals surface area (Å²) in [6.07, 6.45) is 0. The molecule has 0 aliphatic rings. The maximum absolute atomic E-state index is 13.5. The van der Waals surface area contributed by atoms with Gasteiger partial charge in [-0.25, -0.2) is 8.78 Å². The molecule has 2 aromatic rings. The fourth-order valence-electron chi connectivity index (χ4n) is 1.49. The van der Waals surface area contributed by atoms with Crippen molar-refractivity contribution in [2.45, 2.75) is 0 Å². The molecule has 0 radical (unpaired) electrons. The number of nitrogens with two attached hydrogens (primary N) is 2. The van der Waals surface area contributed by atoms with Crippen LogP contribution in [0.25, 0.3) is 0 Å². The Hall–Kier alpha value is -2.63. The molecule has 6 heteroatoms. The summed E-state index contributed by atoms with van der Waals surface area (Å²) < 4.78 is 32.1. The lowest BCUT2D eigenvalue weighted by atomic mass is 10.2. The summed E-state index contributed by atoms with van der Waals surface area (Å²) in [5.41, 5.74) is 10.3. The number of carbonyl (C=O) groups excluding carboxylic acids is 1. The van der Waals surface area contributed by atoms with Gasteiger partial charge in [0.25, 0.3) is 5.91 Å². The average Bonchev–Trinajstić information content (AvgIpc) is 2.32. The summed E-state index contributed by atoms with van der Waals surface area (Å²) in [6.45, 7) is 0. The molecular weight excluding hydrogens is 254 g/mol. The van der Waals surface area contributed by atoms with Crippen LogP contribution in [0.5, 0.6) is 11.5 Å². The highest BCUT2D eigenvalue weighted by atomic mass is 19.1. The van der Waals surface area contributed by atoms with Gasteiger partial charge in [0.2, 0.25) is 0 Å². The van der Waals surface area contributed by atoms with E-state index in [1.807, 2.05) is 0 Å². The Labute approximate surface area is 107 Å². The second-order valence-corrected chi connectivity index (χ2v) is 3.80. The zero-order valence-corrected chi connectivity index (χ0v) is 9.69. The van der Waals surface area contributed by atoms with Crippen molar-refractivity contribution >= 4 is 11.6 Å². The molecule has 98 valence electrons. The van der Waals surface area contributed by atoms with Crippen molar-refractivity contribution in [3.63, 3.8) is 0 Å². The average molecular weight is 264 g/mol. The first-order valence-corrected chi connectivity index (χ1v) is 5.29. The van der Waals surface area contributed by atoms with Crippen LogP contribution >= 0.6 is 0 Å². The van der Waals surface area contributed by atoms with E-state index >= 15 is 0 Å². The number of hydrogen-bond acceptors (Lipinski definition) is 3. The quantitative estimate of drug-likeness (QED) is 0.836. The highest BCUT2D eigenvalue weighted by Crippen LogP contribution is 2.27. The predicted molar refractivity (Wildman–Crippen MR) is 65.8 cm³/mol. The fourth-order valence-corrected chi connectivity index (χ4v) is 1.49. The molecule has 0 bridgehead atoms. The molecule has 0 aromatic heterocycles. The van der Waals surface area contributed by atoms with Crippen molar-refractivity contribution in [3.8, 4) is 11.5 Å². The summed E-state index contributed by atoms with van der Waals surface area (Å²) in [4.78, 5) is 10.9. The van der Waals surface area contributed by atoms with E-state index in [4.69, 9.17) is 16.2 Å². The second-order valence-electron chi connectivity index (χ2n) is 3.80. The van der Waals surface area contributed by atoms with Gasteiger partial charge in [0.1, 0.15) is 11.6 Å². The second kappa shape index (κ2) is 4.93. The molecule has 0 heterocycles.